The van der Waals surface area contributed by atoms with Crippen molar-refractivity contribution < 1.29 is 17.9 Å². The molecule has 17 heavy (non-hydrogen) atoms. The normalized spacial score (nSPS) is 10.9. The summed E-state index contributed by atoms with van der Waals surface area (Å²) in [6.45, 7) is 2.66. The molecular weight excluding hydrogens is 231 g/mol. The number of alkyl halides is 2. The highest BCUT2D eigenvalue weighted by Gasteiger charge is 2.08. The van der Waals surface area contributed by atoms with Gasteiger partial charge in [0.1, 0.15) is 6.61 Å². The maximum Gasteiger partial charge on any atom is 0.272 e. The number of nitrogens with one attached hydrogen (secondary N) is 1. The molecule has 0 saturated carbocycles. The molecule has 0 aromatic heterocycles. The minimum Gasteiger partial charge on any atom is -0.485 e. The van der Waals surface area contributed by atoms with Crippen molar-refractivity contribution in [3.8, 4) is 5.75 Å². The fourth-order valence-corrected chi connectivity index (χ4v) is 1.33. The van der Waals surface area contributed by atoms with E-state index in [2.05, 4.69) is 10.1 Å². The lowest BCUT2D eigenvalue weighted by atomic mass is 10.2. The Morgan fingerprint density at radius 2 is 2.12 bits per heavy atom. The summed E-state index contributed by atoms with van der Waals surface area (Å²) in [5, 5.41) is 3.12. The number of rotatable bonds is 7. The smallest absolute Gasteiger partial charge is 0.272 e. The highest BCUT2D eigenvalue weighted by atomic mass is 19.3. The topological polar surface area (TPSA) is 21.3 Å². The highest BCUT2D eigenvalue weighted by Crippen LogP contribution is 2.18. The Balaban J connectivity index is 2.53. The molecule has 0 bridgehead atoms. The largest absolute Gasteiger partial charge is 0.485 e. The van der Waals surface area contributed by atoms with Crippen molar-refractivity contribution in [1.29, 1.82) is 0 Å². The Kier molecular flexibility index (Phi) is 5.83. The first-order valence-electron chi connectivity index (χ1n) is 5.53. The summed E-state index contributed by atoms with van der Waals surface area (Å²) in [4.78, 5) is 0. The summed E-state index contributed by atoms with van der Waals surface area (Å²) < 4.78 is 41.8. The Bertz CT molecular complexity index is 345. The first-order chi connectivity index (χ1) is 8.13. The van der Waals surface area contributed by atoms with E-state index in [0.29, 0.717) is 6.54 Å². The van der Waals surface area contributed by atoms with Crippen LogP contribution in [-0.2, 0) is 6.54 Å². The Morgan fingerprint density at radius 3 is 2.71 bits per heavy atom. The average Bonchev–Trinajstić information content (AvgIpc) is 2.28. The molecule has 0 aliphatic heterocycles. The zero-order chi connectivity index (χ0) is 12.7. The molecule has 1 rings (SSSR count). The number of hydrogen-bond donors (Lipinski definition) is 1. The summed E-state index contributed by atoms with van der Waals surface area (Å²) >= 11 is 0. The molecule has 5 heteroatoms. The van der Waals surface area contributed by atoms with E-state index in [9.17, 15) is 13.2 Å². The second-order valence-electron chi connectivity index (χ2n) is 3.64. The molecule has 1 N–H and O–H groups in total. The van der Waals surface area contributed by atoms with E-state index in [1.165, 1.54) is 12.1 Å². The minimum atomic E-state index is -2.60. The molecule has 96 valence electrons. The highest BCUT2D eigenvalue weighted by molar-refractivity contribution is 5.29. The predicted octanol–water partition coefficient (Wildman–Crippen LogP) is 2.97. The van der Waals surface area contributed by atoms with Crippen LogP contribution in [0.5, 0.6) is 5.75 Å². The van der Waals surface area contributed by atoms with Gasteiger partial charge in [-0.25, -0.2) is 13.2 Å². The van der Waals surface area contributed by atoms with Crippen molar-refractivity contribution in [3.05, 3.63) is 29.6 Å². The SMILES string of the molecule is CCCNCc1ccc(OCC(F)F)c(F)c1. The molecule has 0 atom stereocenters. The van der Waals surface area contributed by atoms with Gasteiger partial charge in [-0.3, -0.25) is 0 Å². The first-order valence-corrected chi connectivity index (χ1v) is 5.53. The number of ether oxygens (including phenoxy) is 1. The first kappa shape index (κ1) is 13.8. The monoisotopic (exact) mass is 247 g/mol. The van der Waals surface area contributed by atoms with Gasteiger partial charge in [0.15, 0.2) is 11.6 Å². The molecular formula is C12H16F3NO. The van der Waals surface area contributed by atoms with Crippen LogP contribution in [0.4, 0.5) is 13.2 Å². The average molecular weight is 247 g/mol. The molecule has 0 amide bonds. The van der Waals surface area contributed by atoms with Crippen LogP contribution in [0.3, 0.4) is 0 Å². The molecule has 0 aliphatic rings. The van der Waals surface area contributed by atoms with Gasteiger partial charge in [0, 0.05) is 6.54 Å². The molecule has 0 heterocycles. The number of benzene rings is 1. The zero-order valence-corrected chi connectivity index (χ0v) is 9.68. The Morgan fingerprint density at radius 1 is 1.35 bits per heavy atom. The fourth-order valence-electron chi connectivity index (χ4n) is 1.33. The van der Waals surface area contributed by atoms with E-state index in [0.717, 1.165) is 18.5 Å². The molecule has 0 unspecified atom stereocenters. The van der Waals surface area contributed by atoms with E-state index >= 15 is 0 Å². The summed E-state index contributed by atoms with van der Waals surface area (Å²) in [6, 6.07) is 4.33. The van der Waals surface area contributed by atoms with Gasteiger partial charge in [0.2, 0.25) is 0 Å². The van der Waals surface area contributed by atoms with E-state index in [4.69, 9.17) is 0 Å². The Hall–Kier alpha value is -1.23. The summed E-state index contributed by atoms with van der Waals surface area (Å²) in [5.74, 6) is -0.744. The van der Waals surface area contributed by atoms with Gasteiger partial charge in [-0.05, 0) is 30.7 Å². The van der Waals surface area contributed by atoms with Crippen molar-refractivity contribution in [2.45, 2.75) is 26.3 Å². The van der Waals surface area contributed by atoms with Crippen LogP contribution in [0.25, 0.3) is 0 Å². The van der Waals surface area contributed by atoms with Gasteiger partial charge in [-0.15, -0.1) is 0 Å². The zero-order valence-electron chi connectivity index (χ0n) is 9.68. The van der Waals surface area contributed by atoms with Crippen LogP contribution in [0, 0.1) is 5.82 Å². The third-order valence-corrected chi connectivity index (χ3v) is 2.12. The number of halogens is 3. The van der Waals surface area contributed by atoms with Crippen LogP contribution in [0.1, 0.15) is 18.9 Å². The van der Waals surface area contributed by atoms with Crippen molar-refractivity contribution >= 4 is 0 Å². The van der Waals surface area contributed by atoms with E-state index in [1.807, 2.05) is 6.92 Å². The maximum atomic E-state index is 13.4. The van der Waals surface area contributed by atoms with Crippen molar-refractivity contribution in [3.63, 3.8) is 0 Å². The van der Waals surface area contributed by atoms with E-state index in [-0.39, 0.29) is 5.75 Å². The van der Waals surface area contributed by atoms with Crippen LogP contribution >= 0.6 is 0 Å². The minimum absolute atomic E-state index is 0.135. The molecule has 0 aliphatic carbocycles. The number of hydrogen-bond acceptors (Lipinski definition) is 2. The third kappa shape index (κ3) is 5.08. The van der Waals surface area contributed by atoms with Crippen LogP contribution in [-0.4, -0.2) is 19.6 Å². The molecule has 0 saturated heterocycles. The van der Waals surface area contributed by atoms with Gasteiger partial charge in [0.25, 0.3) is 6.43 Å². The molecule has 0 radical (unpaired) electrons. The Labute approximate surface area is 98.8 Å². The van der Waals surface area contributed by atoms with Gasteiger partial charge >= 0.3 is 0 Å². The standard InChI is InChI=1S/C12H16F3NO/c1-2-5-16-7-9-3-4-11(10(13)6-9)17-8-12(14)15/h3-4,6,12,16H,2,5,7-8H2,1H3. The molecule has 0 spiro atoms. The second kappa shape index (κ2) is 7.17. The lowest BCUT2D eigenvalue weighted by molar-refractivity contribution is 0.0799. The van der Waals surface area contributed by atoms with E-state index < -0.39 is 18.8 Å². The van der Waals surface area contributed by atoms with Gasteiger partial charge in [-0.1, -0.05) is 13.0 Å². The molecule has 1 aromatic carbocycles. The van der Waals surface area contributed by atoms with Crippen molar-refractivity contribution in [2.75, 3.05) is 13.2 Å². The van der Waals surface area contributed by atoms with Crippen molar-refractivity contribution in [2.24, 2.45) is 0 Å². The lowest BCUT2D eigenvalue weighted by Gasteiger charge is -2.08. The van der Waals surface area contributed by atoms with Gasteiger partial charge in [-0.2, -0.15) is 0 Å². The third-order valence-electron chi connectivity index (χ3n) is 2.12. The van der Waals surface area contributed by atoms with Gasteiger partial charge < -0.3 is 10.1 Å². The summed E-state index contributed by atoms with van der Waals surface area (Å²) in [7, 11) is 0. The fraction of sp³-hybridized carbons (Fsp3) is 0.500. The second-order valence-corrected chi connectivity index (χ2v) is 3.64. The maximum absolute atomic E-state index is 13.4. The van der Waals surface area contributed by atoms with Crippen LogP contribution < -0.4 is 10.1 Å². The molecule has 1 aromatic rings. The van der Waals surface area contributed by atoms with Crippen LogP contribution in [0.15, 0.2) is 18.2 Å². The van der Waals surface area contributed by atoms with E-state index in [1.54, 1.807) is 6.07 Å². The summed E-state index contributed by atoms with van der Waals surface area (Å²) in [6.07, 6.45) is -1.60. The van der Waals surface area contributed by atoms with Crippen molar-refractivity contribution in [1.82, 2.24) is 5.32 Å². The lowest BCUT2D eigenvalue weighted by Crippen LogP contribution is -2.14. The predicted molar refractivity (Wildman–Crippen MR) is 59.9 cm³/mol. The quantitative estimate of drug-likeness (QED) is 0.748. The summed E-state index contributed by atoms with van der Waals surface area (Å²) in [5.41, 5.74) is 0.764. The van der Waals surface area contributed by atoms with Gasteiger partial charge in [0.05, 0.1) is 0 Å². The molecule has 0 fully saturated rings. The molecule has 2 nitrogen and oxygen atoms in total. The van der Waals surface area contributed by atoms with Crippen LogP contribution in [0.2, 0.25) is 0 Å².